The third-order valence-electron chi connectivity index (χ3n) is 2.20. The van der Waals surface area contributed by atoms with E-state index < -0.39 is 0 Å². The molecule has 1 aliphatic heterocycles. The smallest absolute Gasteiger partial charge is 0.285 e. The van der Waals surface area contributed by atoms with E-state index in [1.54, 1.807) is 0 Å². The van der Waals surface area contributed by atoms with E-state index in [4.69, 9.17) is 0 Å². The highest BCUT2D eigenvalue weighted by Crippen LogP contribution is 2.14. The number of aromatic nitrogens is 4. The Morgan fingerprint density at radius 3 is 3.38 bits per heavy atom. The Morgan fingerprint density at radius 2 is 2.46 bits per heavy atom. The molecule has 0 unspecified atom stereocenters. The SMILES string of the molecule is O=c1nc2n(c3[nH]ncc13)CCN2. The van der Waals surface area contributed by atoms with Gasteiger partial charge in [-0.25, -0.2) is 0 Å². The fraction of sp³-hybridized carbons (Fsp3) is 0.286. The number of fused-ring (bicyclic) bond motifs is 3. The van der Waals surface area contributed by atoms with Gasteiger partial charge in [-0.1, -0.05) is 0 Å². The second kappa shape index (κ2) is 2.09. The van der Waals surface area contributed by atoms with Crippen molar-refractivity contribution in [3.63, 3.8) is 0 Å². The molecule has 3 heterocycles. The van der Waals surface area contributed by atoms with Gasteiger partial charge in [0, 0.05) is 13.1 Å². The average Bonchev–Trinajstić information content (AvgIpc) is 2.66. The fourth-order valence-electron chi connectivity index (χ4n) is 1.60. The topological polar surface area (TPSA) is 75.6 Å². The Hall–Kier alpha value is -1.85. The molecule has 6 heteroatoms. The quantitative estimate of drug-likeness (QED) is 0.571. The van der Waals surface area contributed by atoms with Gasteiger partial charge in [0.05, 0.1) is 6.20 Å². The van der Waals surface area contributed by atoms with Gasteiger partial charge < -0.3 is 5.32 Å². The van der Waals surface area contributed by atoms with Crippen LogP contribution < -0.4 is 10.9 Å². The first kappa shape index (κ1) is 6.64. The van der Waals surface area contributed by atoms with Crippen molar-refractivity contribution in [2.24, 2.45) is 0 Å². The van der Waals surface area contributed by atoms with E-state index in [0.29, 0.717) is 11.3 Å². The molecule has 3 rings (SSSR count). The van der Waals surface area contributed by atoms with Gasteiger partial charge in [-0.05, 0) is 0 Å². The van der Waals surface area contributed by atoms with Crippen LogP contribution in [0.2, 0.25) is 0 Å². The molecule has 0 saturated carbocycles. The highest BCUT2D eigenvalue weighted by atomic mass is 16.1. The number of rotatable bonds is 0. The van der Waals surface area contributed by atoms with Crippen LogP contribution in [-0.4, -0.2) is 26.3 Å². The largest absolute Gasteiger partial charge is 0.354 e. The Bertz CT molecular complexity index is 525. The summed E-state index contributed by atoms with van der Waals surface area (Å²) in [7, 11) is 0. The van der Waals surface area contributed by atoms with Gasteiger partial charge in [0.2, 0.25) is 5.95 Å². The molecule has 2 aromatic rings. The summed E-state index contributed by atoms with van der Waals surface area (Å²) in [6, 6.07) is 0. The third kappa shape index (κ3) is 0.742. The number of nitrogens with one attached hydrogen (secondary N) is 2. The fourth-order valence-corrected chi connectivity index (χ4v) is 1.60. The van der Waals surface area contributed by atoms with Crippen LogP contribution in [0.5, 0.6) is 0 Å². The lowest BCUT2D eigenvalue weighted by Gasteiger charge is -2.00. The van der Waals surface area contributed by atoms with Gasteiger partial charge in [0.15, 0.2) is 0 Å². The minimum Gasteiger partial charge on any atom is -0.354 e. The van der Waals surface area contributed by atoms with E-state index >= 15 is 0 Å². The van der Waals surface area contributed by atoms with E-state index in [9.17, 15) is 4.79 Å². The summed E-state index contributed by atoms with van der Waals surface area (Å²) in [6.45, 7) is 1.63. The lowest BCUT2D eigenvalue weighted by molar-refractivity contribution is 0.808. The van der Waals surface area contributed by atoms with E-state index in [1.165, 1.54) is 6.20 Å². The highest BCUT2D eigenvalue weighted by Gasteiger charge is 2.15. The molecule has 13 heavy (non-hydrogen) atoms. The normalized spacial score (nSPS) is 14.5. The number of aromatic amines is 1. The molecule has 0 bridgehead atoms. The highest BCUT2D eigenvalue weighted by molar-refractivity contribution is 5.75. The zero-order valence-corrected chi connectivity index (χ0v) is 6.74. The van der Waals surface area contributed by atoms with Crippen molar-refractivity contribution < 1.29 is 0 Å². The van der Waals surface area contributed by atoms with Crippen LogP contribution in [0, 0.1) is 0 Å². The van der Waals surface area contributed by atoms with Crippen molar-refractivity contribution >= 4 is 17.0 Å². The summed E-state index contributed by atoms with van der Waals surface area (Å²) in [5, 5.41) is 10.2. The molecule has 0 amide bonds. The van der Waals surface area contributed by atoms with Crippen LogP contribution in [0.15, 0.2) is 11.0 Å². The Balaban J connectivity index is 2.55. The molecule has 0 aliphatic carbocycles. The molecule has 0 saturated heterocycles. The maximum Gasteiger partial charge on any atom is 0.285 e. The average molecular weight is 177 g/mol. The van der Waals surface area contributed by atoms with Crippen molar-refractivity contribution in [1.82, 2.24) is 19.7 Å². The summed E-state index contributed by atoms with van der Waals surface area (Å²) in [5.41, 5.74) is 0.518. The maximum atomic E-state index is 11.4. The monoisotopic (exact) mass is 177 g/mol. The van der Waals surface area contributed by atoms with Crippen LogP contribution in [0.4, 0.5) is 5.95 Å². The van der Waals surface area contributed by atoms with Crippen molar-refractivity contribution in [1.29, 1.82) is 0 Å². The molecular formula is C7H7N5O. The summed E-state index contributed by atoms with van der Waals surface area (Å²) in [4.78, 5) is 15.3. The van der Waals surface area contributed by atoms with Crippen LogP contribution in [0.1, 0.15) is 0 Å². The van der Waals surface area contributed by atoms with Crippen LogP contribution in [0.3, 0.4) is 0 Å². The lowest BCUT2D eigenvalue weighted by Crippen LogP contribution is -2.11. The molecule has 0 radical (unpaired) electrons. The molecule has 2 aromatic heterocycles. The zero-order chi connectivity index (χ0) is 8.84. The molecule has 2 N–H and O–H groups in total. The zero-order valence-electron chi connectivity index (χ0n) is 6.74. The van der Waals surface area contributed by atoms with Gasteiger partial charge in [-0.2, -0.15) is 10.1 Å². The molecule has 0 fully saturated rings. The molecule has 0 atom stereocenters. The predicted molar refractivity (Wildman–Crippen MR) is 46.6 cm³/mol. The number of H-pyrrole nitrogens is 1. The van der Waals surface area contributed by atoms with Crippen molar-refractivity contribution in [2.45, 2.75) is 6.54 Å². The van der Waals surface area contributed by atoms with Crippen LogP contribution >= 0.6 is 0 Å². The first-order valence-electron chi connectivity index (χ1n) is 4.04. The van der Waals surface area contributed by atoms with Gasteiger partial charge in [0.1, 0.15) is 11.0 Å². The third-order valence-corrected chi connectivity index (χ3v) is 2.20. The van der Waals surface area contributed by atoms with Gasteiger partial charge in [0.25, 0.3) is 5.56 Å². The van der Waals surface area contributed by atoms with Gasteiger partial charge >= 0.3 is 0 Å². The Labute approximate surface area is 72.6 Å². The maximum absolute atomic E-state index is 11.4. The predicted octanol–water partition coefficient (Wildman–Crippen LogP) is -0.455. The number of hydrogen-bond donors (Lipinski definition) is 2. The second-order valence-corrected chi connectivity index (χ2v) is 2.95. The number of hydrogen-bond acceptors (Lipinski definition) is 4. The van der Waals surface area contributed by atoms with Crippen molar-refractivity contribution in [3.8, 4) is 0 Å². The minimum atomic E-state index is -0.232. The van der Waals surface area contributed by atoms with Crippen LogP contribution in [0.25, 0.3) is 11.0 Å². The van der Waals surface area contributed by atoms with Crippen molar-refractivity contribution in [2.75, 3.05) is 11.9 Å². The van der Waals surface area contributed by atoms with Crippen LogP contribution in [-0.2, 0) is 6.54 Å². The number of anilines is 1. The summed E-state index contributed by atoms with van der Waals surface area (Å²) in [6.07, 6.45) is 1.51. The van der Waals surface area contributed by atoms with Crippen molar-refractivity contribution in [3.05, 3.63) is 16.6 Å². The summed E-state index contributed by atoms with van der Waals surface area (Å²) < 4.78 is 1.92. The second-order valence-electron chi connectivity index (χ2n) is 2.95. The molecule has 0 spiro atoms. The Morgan fingerprint density at radius 1 is 1.54 bits per heavy atom. The van der Waals surface area contributed by atoms with Gasteiger partial charge in [-0.15, -0.1) is 0 Å². The number of nitrogens with zero attached hydrogens (tertiary/aromatic N) is 3. The molecule has 1 aliphatic rings. The summed E-state index contributed by atoms with van der Waals surface area (Å²) >= 11 is 0. The molecule has 0 aromatic carbocycles. The van der Waals surface area contributed by atoms with E-state index in [0.717, 1.165) is 18.7 Å². The summed E-state index contributed by atoms with van der Waals surface area (Å²) in [5.74, 6) is 0.627. The molecule has 66 valence electrons. The van der Waals surface area contributed by atoms with E-state index in [-0.39, 0.29) is 5.56 Å². The van der Waals surface area contributed by atoms with E-state index in [1.807, 2.05) is 4.57 Å². The molecule has 6 nitrogen and oxygen atoms in total. The minimum absolute atomic E-state index is 0.232. The first-order valence-corrected chi connectivity index (χ1v) is 4.04. The first-order chi connectivity index (χ1) is 6.36. The standard InChI is InChI=1S/C7H7N5O/c13-6-4-3-9-11-5(4)12-2-1-8-7(12)10-6/h3H,1-2H2,(H,9,11)(H,8,10,13). The Kier molecular flexibility index (Phi) is 1.07. The molecular weight excluding hydrogens is 170 g/mol. The van der Waals surface area contributed by atoms with Gasteiger partial charge in [-0.3, -0.25) is 14.5 Å². The van der Waals surface area contributed by atoms with E-state index in [2.05, 4.69) is 20.5 Å². The lowest BCUT2D eigenvalue weighted by atomic mass is 10.4.